The predicted octanol–water partition coefficient (Wildman–Crippen LogP) is 1.37. The molecule has 2 rings (SSSR count). The number of carbonyl (C=O) groups is 2. The minimum Gasteiger partial charge on any atom is -0.445 e. The Balaban J connectivity index is 1.85. The quantitative estimate of drug-likeness (QED) is 0.418. The third-order valence-electron chi connectivity index (χ3n) is 3.96. The predicted molar refractivity (Wildman–Crippen MR) is 96.1 cm³/mol. The molecule has 1 N–H and O–H groups in total. The van der Waals surface area contributed by atoms with E-state index in [1.807, 2.05) is 0 Å². The van der Waals surface area contributed by atoms with Gasteiger partial charge in [-0.05, 0) is 24.1 Å². The van der Waals surface area contributed by atoms with Gasteiger partial charge in [0.1, 0.15) is 13.2 Å². The van der Waals surface area contributed by atoms with Crippen LogP contribution in [-0.4, -0.2) is 59.9 Å². The maximum atomic E-state index is 12.3. The van der Waals surface area contributed by atoms with E-state index >= 15 is 0 Å². The summed E-state index contributed by atoms with van der Waals surface area (Å²) >= 11 is 4.41. The lowest BCUT2D eigenvalue weighted by Gasteiger charge is -2.23. The highest BCUT2D eigenvalue weighted by atomic mass is 32.1. The van der Waals surface area contributed by atoms with Crippen LogP contribution in [0.5, 0.6) is 0 Å². The summed E-state index contributed by atoms with van der Waals surface area (Å²) in [4.78, 5) is 35.2. The molecule has 0 unspecified atom stereocenters. The maximum absolute atomic E-state index is 12.3. The number of nitro benzene ring substituents is 1. The average Bonchev–Trinajstić information content (AvgIpc) is 3.00. The molecule has 0 aliphatic carbocycles. The van der Waals surface area contributed by atoms with Crippen LogP contribution in [0.1, 0.15) is 12.0 Å². The highest BCUT2D eigenvalue weighted by Crippen LogP contribution is 2.23. The smallest absolute Gasteiger partial charge is 0.410 e. The van der Waals surface area contributed by atoms with Crippen LogP contribution < -0.4 is 5.32 Å². The molecule has 0 spiro atoms. The first-order valence-corrected chi connectivity index (χ1v) is 8.55. The Kier molecular flexibility index (Phi) is 7.22. The van der Waals surface area contributed by atoms with Gasteiger partial charge in [0.2, 0.25) is 5.91 Å². The minimum atomic E-state index is -0.506. The minimum absolute atomic E-state index is 0.00975. The van der Waals surface area contributed by atoms with Crippen LogP contribution in [0, 0.1) is 10.1 Å². The molecular weight excluding hydrogens is 362 g/mol. The molecule has 142 valence electrons. The van der Waals surface area contributed by atoms with Gasteiger partial charge in [-0.25, -0.2) is 4.79 Å². The number of hydrogen-bond donors (Lipinski definition) is 2. The van der Waals surface area contributed by atoms with Crippen molar-refractivity contribution in [3.63, 3.8) is 0 Å². The van der Waals surface area contributed by atoms with Gasteiger partial charge in [-0.2, -0.15) is 12.6 Å². The zero-order valence-electron chi connectivity index (χ0n) is 14.3. The standard InChI is InChI=1S/C16H21N3O6S/c1-17-15(20)10-24-9-13-6-14(26)7-18(13)16(21)25-8-11-2-4-12(5-3-11)19(22)23/h2-5,13-14,26H,6-10H2,1H3,(H,17,20)/t13-,14-/m0/s1. The molecule has 1 aliphatic rings. The van der Waals surface area contributed by atoms with Crippen LogP contribution in [0.3, 0.4) is 0 Å². The fourth-order valence-corrected chi connectivity index (χ4v) is 2.99. The van der Waals surface area contributed by atoms with Gasteiger partial charge in [0, 0.05) is 31.0 Å². The molecular formula is C16H21N3O6S. The number of benzene rings is 1. The fourth-order valence-electron chi connectivity index (χ4n) is 2.58. The van der Waals surface area contributed by atoms with Crippen molar-refractivity contribution in [3.05, 3.63) is 39.9 Å². The lowest BCUT2D eigenvalue weighted by molar-refractivity contribution is -0.384. The highest BCUT2D eigenvalue weighted by molar-refractivity contribution is 7.81. The lowest BCUT2D eigenvalue weighted by atomic mass is 10.2. The van der Waals surface area contributed by atoms with Crippen molar-refractivity contribution < 1.29 is 24.0 Å². The maximum Gasteiger partial charge on any atom is 0.410 e. The van der Waals surface area contributed by atoms with Crippen molar-refractivity contribution in [2.75, 3.05) is 26.8 Å². The third-order valence-corrected chi connectivity index (χ3v) is 4.33. The number of non-ortho nitro benzene ring substituents is 1. The average molecular weight is 383 g/mol. The van der Waals surface area contributed by atoms with E-state index in [1.54, 1.807) is 12.1 Å². The molecule has 1 aromatic rings. The van der Waals surface area contributed by atoms with Crippen molar-refractivity contribution >= 4 is 30.3 Å². The zero-order chi connectivity index (χ0) is 19.1. The van der Waals surface area contributed by atoms with Gasteiger partial charge >= 0.3 is 6.09 Å². The molecule has 1 aromatic carbocycles. The topological polar surface area (TPSA) is 111 Å². The van der Waals surface area contributed by atoms with Crippen LogP contribution in [-0.2, 0) is 20.9 Å². The molecule has 1 fully saturated rings. The number of ether oxygens (including phenoxy) is 2. The van der Waals surface area contributed by atoms with Gasteiger partial charge in [0.05, 0.1) is 17.6 Å². The summed E-state index contributed by atoms with van der Waals surface area (Å²) in [6, 6.07) is 5.59. The number of thiol groups is 1. The number of nitro groups is 1. The van der Waals surface area contributed by atoms with Crippen LogP contribution >= 0.6 is 12.6 Å². The van der Waals surface area contributed by atoms with Crippen molar-refractivity contribution in [1.82, 2.24) is 10.2 Å². The Morgan fingerprint density at radius 2 is 2.08 bits per heavy atom. The second kappa shape index (κ2) is 9.39. The molecule has 26 heavy (non-hydrogen) atoms. The first-order chi connectivity index (χ1) is 12.4. The molecule has 2 amide bonds. The van der Waals surface area contributed by atoms with E-state index in [1.165, 1.54) is 24.1 Å². The van der Waals surface area contributed by atoms with Gasteiger partial charge < -0.3 is 19.7 Å². The van der Waals surface area contributed by atoms with E-state index in [0.717, 1.165) is 0 Å². The molecule has 0 saturated carbocycles. The van der Waals surface area contributed by atoms with Gasteiger partial charge in [0.15, 0.2) is 0 Å². The third kappa shape index (κ3) is 5.60. The number of nitrogens with one attached hydrogen (secondary N) is 1. The molecule has 9 nitrogen and oxygen atoms in total. The van der Waals surface area contributed by atoms with E-state index in [-0.39, 0.29) is 42.7 Å². The van der Waals surface area contributed by atoms with E-state index in [9.17, 15) is 19.7 Å². The molecule has 1 heterocycles. The summed E-state index contributed by atoms with van der Waals surface area (Å²) in [6.45, 7) is 0.583. The van der Waals surface area contributed by atoms with Gasteiger partial charge in [-0.1, -0.05) is 0 Å². The van der Waals surface area contributed by atoms with Crippen LogP contribution in [0.4, 0.5) is 10.5 Å². The number of rotatable bonds is 7. The number of carbonyl (C=O) groups excluding carboxylic acids is 2. The van der Waals surface area contributed by atoms with E-state index in [2.05, 4.69) is 17.9 Å². The summed E-state index contributed by atoms with van der Waals surface area (Å²) in [7, 11) is 1.52. The second-order valence-corrected chi connectivity index (χ2v) is 6.59. The number of hydrogen-bond acceptors (Lipinski definition) is 7. The van der Waals surface area contributed by atoms with Crippen LogP contribution in [0.15, 0.2) is 24.3 Å². The SMILES string of the molecule is CNC(=O)COC[C@@H]1C[C@H](S)CN1C(=O)OCc1ccc([N+](=O)[O-])cc1. The Labute approximate surface area is 156 Å². The first kappa shape index (κ1) is 20.0. The highest BCUT2D eigenvalue weighted by Gasteiger charge is 2.34. The fraction of sp³-hybridized carbons (Fsp3) is 0.500. The lowest BCUT2D eigenvalue weighted by Crippen LogP contribution is -2.39. The molecule has 1 saturated heterocycles. The van der Waals surface area contributed by atoms with Crippen molar-refractivity contribution in [1.29, 1.82) is 0 Å². The monoisotopic (exact) mass is 383 g/mol. The first-order valence-electron chi connectivity index (χ1n) is 8.03. The molecule has 0 radical (unpaired) electrons. The summed E-state index contributed by atoms with van der Waals surface area (Å²) in [5.41, 5.74) is 0.629. The van der Waals surface area contributed by atoms with Gasteiger partial charge in [0.25, 0.3) is 5.69 Å². The Morgan fingerprint density at radius 3 is 2.69 bits per heavy atom. The van der Waals surface area contributed by atoms with E-state index in [0.29, 0.717) is 18.5 Å². The van der Waals surface area contributed by atoms with Gasteiger partial charge in [-0.3, -0.25) is 14.9 Å². The molecule has 2 atom stereocenters. The number of nitrogens with zero attached hydrogens (tertiary/aromatic N) is 2. The number of likely N-dealkylation sites (tertiary alicyclic amines) is 1. The molecule has 10 heteroatoms. The molecule has 0 bridgehead atoms. The van der Waals surface area contributed by atoms with Crippen molar-refractivity contribution in [2.45, 2.75) is 24.3 Å². The Morgan fingerprint density at radius 1 is 1.38 bits per heavy atom. The number of amides is 2. The van der Waals surface area contributed by atoms with Gasteiger partial charge in [-0.15, -0.1) is 0 Å². The summed E-state index contributed by atoms with van der Waals surface area (Å²) < 4.78 is 10.6. The van der Waals surface area contributed by atoms with E-state index < -0.39 is 11.0 Å². The largest absolute Gasteiger partial charge is 0.445 e. The normalized spacial score (nSPS) is 19.2. The Bertz CT molecular complexity index is 654. The number of likely N-dealkylation sites (N-methyl/N-ethyl adjacent to an activating group) is 1. The molecule has 0 aromatic heterocycles. The summed E-state index contributed by atoms with van der Waals surface area (Å²) in [6.07, 6.45) is 0.136. The Hall–Kier alpha value is -2.33. The summed E-state index contributed by atoms with van der Waals surface area (Å²) in [5, 5.41) is 13.1. The van der Waals surface area contributed by atoms with Crippen molar-refractivity contribution in [2.24, 2.45) is 0 Å². The van der Waals surface area contributed by atoms with Crippen molar-refractivity contribution in [3.8, 4) is 0 Å². The second-order valence-electron chi connectivity index (χ2n) is 5.86. The van der Waals surface area contributed by atoms with E-state index in [4.69, 9.17) is 9.47 Å². The summed E-state index contributed by atoms with van der Waals surface area (Å²) in [5.74, 6) is -0.238. The van der Waals surface area contributed by atoms with Crippen LogP contribution in [0.25, 0.3) is 0 Å². The zero-order valence-corrected chi connectivity index (χ0v) is 15.2. The van der Waals surface area contributed by atoms with Crippen LogP contribution in [0.2, 0.25) is 0 Å². The molecule has 1 aliphatic heterocycles.